The van der Waals surface area contributed by atoms with Crippen LogP contribution in [0.25, 0.3) is 5.69 Å². The molecule has 0 radical (unpaired) electrons. The second kappa shape index (κ2) is 7.15. The monoisotopic (exact) mass is 367 g/mol. The number of rotatable bonds is 4. The van der Waals surface area contributed by atoms with Gasteiger partial charge in [-0.2, -0.15) is 5.10 Å². The van der Waals surface area contributed by atoms with Crippen molar-refractivity contribution in [3.05, 3.63) is 47.3 Å². The molecule has 2 fully saturated rings. The molecule has 1 aliphatic heterocycles. The molecule has 4 rings (SSSR count). The van der Waals surface area contributed by atoms with Gasteiger partial charge in [0.15, 0.2) is 0 Å². The van der Waals surface area contributed by atoms with Gasteiger partial charge in [-0.3, -0.25) is 9.59 Å². The molecule has 142 valence electrons. The van der Waals surface area contributed by atoms with Crippen LogP contribution in [0.15, 0.2) is 30.3 Å². The molecule has 7 heteroatoms. The Morgan fingerprint density at radius 2 is 1.93 bits per heavy atom. The van der Waals surface area contributed by atoms with Gasteiger partial charge in [-0.1, -0.05) is 0 Å². The number of aryl methyl sites for hydroxylation is 2. The molecule has 1 unspecified atom stereocenters. The topological polar surface area (TPSA) is 79.3 Å². The summed E-state index contributed by atoms with van der Waals surface area (Å²) in [4.78, 5) is 27.2. The van der Waals surface area contributed by atoms with Gasteiger partial charge < -0.3 is 15.5 Å². The van der Waals surface area contributed by atoms with Gasteiger partial charge in [-0.15, -0.1) is 0 Å². The van der Waals surface area contributed by atoms with E-state index in [1.807, 2.05) is 48.9 Å². The molecule has 1 aromatic heterocycles. The second-order valence-electron chi connectivity index (χ2n) is 7.39. The van der Waals surface area contributed by atoms with Gasteiger partial charge in [0.25, 0.3) is 5.91 Å². The normalized spacial score (nSPS) is 19.8. The molecule has 7 nitrogen and oxygen atoms in total. The smallest absolute Gasteiger partial charge is 0.254 e. The molecule has 1 aliphatic carbocycles. The average molecular weight is 367 g/mol. The highest BCUT2D eigenvalue weighted by Crippen LogP contribution is 2.20. The van der Waals surface area contributed by atoms with E-state index in [0.717, 1.165) is 29.9 Å². The number of aromatic nitrogens is 2. The first-order valence-corrected chi connectivity index (χ1v) is 9.49. The summed E-state index contributed by atoms with van der Waals surface area (Å²) in [5.41, 5.74) is 3.51. The zero-order chi connectivity index (χ0) is 19.0. The van der Waals surface area contributed by atoms with Crippen molar-refractivity contribution in [1.82, 2.24) is 25.3 Å². The lowest BCUT2D eigenvalue weighted by molar-refractivity contribution is -0.126. The molecule has 1 saturated heterocycles. The molecule has 2 aromatic rings. The van der Waals surface area contributed by atoms with Gasteiger partial charge in [0.1, 0.15) is 6.04 Å². The average Bonchev–Trinajstić information content (AvgIpc) is 3.43. The lowest BCUT2D eigenvalue weighted by atomic mass is 10.1. The van der Waals surface area contributed by atoms with Crippen LogP contribution in [0.3, 0.4) is 0 Å². The van der Waals surface area contributed by atoms with E-state index in [4.69, 9.17) is 0 Å². The molecule has 2 amide bonds. The minimum atomic E-state index is -0.456. The zero-order valence-corrected chi connectivity index (χ0v) is 15.7. The van der Waals surface area contributed by atoms with Crippen molar-refractivity contribution in [3.8, 4) is 5.69 Å². The van der Waals surface area contributed by atoms with Crippen molar-refractivity contribution in [1.29, 1.82) is 0 Å². The van der Waals surface area contributed by atoms with Crippen molar-refractivity contribution in [2.24, 2.45) is 0 Å². The SMILES string of the molecule is Cc1cc(C)n(-c2ccc(C(=O)N3CCNCC3C(=O)NC3CC3)cc2)n1. The van der Waals surface area contributed by atoms with E-state index in [1.54, 1.807) is 4.90 Å². The maximum atomic E-state index is 13.0. The highest BCUT2D eigenvalue weighted by Gasteiger charge is 2.35. The van der Waals surface area contributed by atoms with E-state index in [9.17, 15) is 9.59 Å². The zero-order valence-electron chi connectivity index (χ0n) is 15.7. The van der Waals surface area contributed by atoms with Crippen LogP contribution in [0.1, 0.15) is 34.6 Å². The van der Waals surface area contributed by atoms with E-state index >= 15 is 0 Å². The number of carbonyl (C=O) groups excluding carboxylic acids is 2. The van der Waals surface area contributed by atoms with Gasteiger partial charge >= 0.3 is 0 Å². The first-order valence-electron chi connectivity index (χ1n) is 9.49. The van der Waals surface area contributed by atoms with Crippen molar-refractivity contribution in [2.75, 3.05) is 19.6 Å². The van der Waals surface area contributed by atoms with Gasteiger partial charge in [-0.05, 0) is 57.0 Å². The fourth-order valence-electron chi connectivity index (χ4n) is 3.51. The number of piperazine rings is 1. The molecule has 1 saturated carbocycles. The van der Waals surface area contributed by atoms with Crippen LogP contribution in [0, 0.1) is 13.8 Å². The number of hydrogen-bond donors (Lipinski definition) is 2. The summed E-state index contributed by atoms with van der Waals surface area (Å²) >= 11 is 0. The minimum Gasteiger partial charge on any atom is -0.352 e. The number of carbonyl (C=O) groups is 2. The Kier molecular flexibility index (Phi) is 4.70. The summed E-state index contributed by atoms with van der Waals surface area (Å²) in [6.07, 6.45) is 2.07. The van der Waals surface area contributed by atoms with Crippen LogP contribution < -0.4 is 10.6 Å². The Balaban J connectivity index is 1.52. The second-order valence-corrected chi connectivity index (χ2v) is 7.39. The number of nitrogens with zero attached hydrogens (tertiary/aromatic N) is 3. The maximum Gasteiger partial charge on any atom is 0.254 e. The third kappa shape index (κ3) is 3.73. The summed E-state index contributed by atoms with van der Waals surface area (Å²) < 4.78 is 1.86. The highest BCUT2D eigenvalue weighted by molar-refractivity contribution is 5.98. The molecule has 2 N–H and O–H groups in total. The van der Waals surface area contributed by atoms with Crippen LogP contribution in [0.5, 0.6) is 0 Å². The van der Waals surface area contributed by atoms with Crippen LogP contribution in [0.4, 0.5) is 0 Å². The third-order valence-corrected chi connectivity index (χ3v) is 5.10. The van der Waals surface area contributed by atoms with Gasteiger partial charge in [-0.25, -0.2) is 4.68 Å². The lowest BCUT2D eigenvalue weighted by Crippen LogP contribution is -2.59. The van der Waals surface area contributed by atoms with Crippen molar-refractivity contribution in [2.45, 2.75) is 38.8 Å². The van der Waals surface area contributed by atoms with Crippen LogP contribution in [0.2, 0.25) is 0 Å². The molecule has 0 bridgehead atoms. The number of nitrogens with one attached hydrogen (secondary N) is 2. The first-order chi connectivity index (χ1) is 13.0. The molecule has 1 atom stereocenters. The highest BCUT2D eigenvalue weighted by atomic mass is 16.2. The lowest BCUT2D eigenvalue weighted by Gasteiger charge is -2.35. The quantitative estimate of drug-likeness (QED) is 0.851. The fourth-order valence-corrected chi connectivity index (χ4v) is 3.51. The van der Waals surface area contributed by atoms with E-state index in [0.29, 0.717) is 25.2 Å². The standard InChI is InChI=1S/C20H25N5O2/c1-13-11-14(2)25(23-13)17-7-3-15(4-8-17)20(27)24-10-9-21-12-18(24)19(26)22-16-5-6-16/h3-4,7-8,11,16,18,21H,5-6,9-10,12H2,1-2H3,(H,22,26). The molecule has 1 aromatic carbocycles. The number of amides is 2. The van der Waals surface area contributed by atoms with Gasteiger partial charge in [0.05, 0.1) is 11.4 Å². The Bertz CT molecular complexity index is 854. The van der Waals surface area contributed by atoms with Gasteiger partial charge in [0, 0.05) is 36.9 Å². The largest absolute Gasteiger partial charge is 0.352 e. The summed E-state index contributed by atoms with van der Waals surface area (Å²) in [6.45, 7) is 5.68. The van der Waals surface area contributed by atoms with Crippen molar-refractivity contribution < 1.29 is 9.59 Å². The molecule has 2 heterocycles. The summed E-state index contributed by atoms with van der Waals surface area (Å²) in [7, 11) is 0. The van der Waals surface area contributed by atoms with Crippen LogP contribution >= 0.6 is 0 Å². The molecular weight excluding hydrogens is 342 g/mol. The summed E-state index contributed by atoms with van der Waals surface area (Å²) in [5.74, 6) is -0.162. The Labute approximate surface area is 158 Å². The predicted octanol–water partition coefficient (Wildman–Crippen LogP) is 1.18. The third-order valence-electron chi connectivity index (χ3n) is 5.10. The Morgan fingerprint density at radius 3 is 2.56 bits per heavy atom. The van der Waals surface area contributed by atoms with Crippen molar-refractivity contribution >= 4 is 11.8 Å². The number of benzene rings is 1. The van der Waals surface area contributed by atoms with Crippen molar-refractivity contribution in [3.63, 3.8) is 0 Å². The minimum absolute atomic E-state index is 0.0580. The van der Waals surface area contributed by atoms with E-state index in [2.05, 4.69) is 15.7 Å². The predicted molar refractivity (Wildman–Crippen MR) is 102 cm³/mol. The van der Waals surface area contributed by atoms with Crippen LogP contribution in [-0.2, 0) is 4.79 Å². The van der Waals surface area contributed by atoms with E-state index in [1.165, 1.54) is 0 Å². The molecule has 27 heavy (non-hydrogen) atoms. The Hall–Kier alpha value is -2.67. The molecular formula is C20H25N5O2. The number of hydrogen-bond acceptors (Lipinski definition) is 4. The summed E-state index contributed by atoms with van der Waals surface area (Å²) in [5, 5.41) is 10.7. The Morgan fingerprint density at radius 1 is 1.19 bits per heavy atom. The van der Waals surface area contributed by atoms with Gasteiger partial charge in [0.2, 0.25) is 5.91 Å². The fraction of sp³-hybridized carbons (Fsp3) is 0.450. The molecule has 0 spiro atoms. The van der Waals surface area contributed by atoms with Crippen LogP contribution in [-0.4, -0.2) is 58.2 Å². The molecule has 2 aliphatic rings. The maximum absolute atomic E-state index is 13.0. The first kappa shape index (κ1) is 17.7. The summed E-state index contributed by atoms with van der Waals surface area (Å²) in [6, 6.07) is 9.27. The van der Waals surface area contributed by atoms with E-state index in [-0.39, 0.29) is 17.9 Å². The van der Waals surface area contributed by atoms with E-state index < -0.39 is 6.04 Å².